The highest BCUT2D eigenvalue weighted by Crippen LogP contribution is 2.29. The molecule has 0 saturated carbocycles. The average Bonchev–Trinajstić information content (AvgIpc) is 2.40. The van der Waals surface area contributed by atoms with Crippen LogP contribution in [0.4, 0.5) is 10.1 Å². The molecule has 0 aliphatic heterocycles. The Morgan fingerprint density at radius 2 is 1.89 bits per heavy atom. The summed E-state index contributed by atoms with van der Waals surface area (Å²) in [5.41, 5.74) is 7.43. The van der Waals surface area contributed by atoms with Crippen LogP contribution in [-0.4, -0.2) is 6.61 Å². The number of nitrogens with two attached hydrogens (primary N) is 1. The van der Waals surface area contributed by atoms with Crippen molar-refractivity contribution in [2.24, 2.45) is 0 Å². The maximum Gasteiger partial charge on any atom is 0.125 e. The van der Waals surface area contributed by atoms with Gasteiger partial charge in [0.05, 0.1) is 6.61 Å². The molecule has 0 bridgehead atoms. The fourth-order valence-corrected chi connectivity index (χ4v) is 2.56. The Labute approximate surface area is 116 Å². The van der Waals surface area contributed by atoms with Gasteiger partial charge in [0.25, 0.3) is 0 Å². The normalized spacial score (nSPS) is 10.4. The highest BCUT2D eigenvalue weighted by atomic mass is 32.2. The van der Waals surface area contributed by atoms with E-state index >= 15 is 0 Å². The van der Waals surface area contributed by atoms with Crippen LogP contribution in [0.15, 0.2) is 47.4 Å². The number of benzene rings is 2. The van der Waals surface area contributed by atoms with Gasteiger partial charge >= 0.3 is 0 Å². The van der Waals surface area contributed by atoms with Crippen LogP contribution in [0.5, 0.6) is 5.75 Å². The maximum absolute atomic E-state index is 12.9. The first-order valence-corrected chi connectivity index (χ1v) is 7.07. The van der Waals surface area contributed by atoms with Gasteiger partial charge in [0.15, 0.2) is 0 Å². The highest BCUT2D eigenvalue weighted by Gasteiger charge is 2.02. The van der Waals surface area contributed by atoms with Gasteiger partial charge in [-0.3, -0.25) is 0 Å². The van der Waals surface area contributed by atoms with Crippen molar-refractivity contribution >= 4 is 17.4 Å². The molecule has 0 heterocycles. The molecule has 4 heteroatoms. The van der Waals surface area contributed by atoms with Crippen molar-refractivity contribution in [3.8, 4) is 5.75 Å². The van der Waals surface area contributed by atoms with Crippen molar-refractivity contribution in [3.05, 3.63) is 53.8 Å². The number of hydrogen-bond acceptors (Lipinski definition) is 3. The van der Waals surface area contributed by atoms with Crippen molar-refractivity contribution in [2.45, 2.75) is 17.6 Å². The zero-order valence-corrected chi connectivity index (χ0v) is 11.5. The van der Waals surface area contributed by atoms with Gasteiger partial charge in [-0.05, 0) is 42.8 Å². The van der Waals surface area contributed by atoms with Gasteiger partial charge in [-0.25, -0.2) is 4.39 Å². The van der Waals surface area contributed by atoms with E-state index in [2.05, 4.69) is 0 Å². The van der Waals surface area contributed by atoms with Crippen LogP contribution in [0.25, 0.3) is 0 Å². The predicted molar refractivity (Wildman–Crippen MR) is 78.0 cm³/mol. The van der Waals surface area contributed by atoms with Gasteiger partial charge in [0, 0.05) is 16.3 Å². The lowest BCUT2D eigenvalue weighted by Crippen LogP contribution is -1.92. The van der Waals surface area contributed by atoms with Crippen LogP contribution in [0, 0.1) is 5.82 Å². The molecule has 0 amide bonds. The van der Waals surface area contributed by atoms with Gasteiger partial charge in [-0.15, -0.1) is 11.8 Å². The largest absolute Gasteiger partial charge is 0.494 e. The van der Waals surface area contributed by atoms with Crippen molar-refractivity contribution in [2.75, 3.05) is 12.3 Å². The van der Waals surface area contributed by atoms with E-state index in [1.54, 1.807) is 17.8 Å². The number of rotatable bonds is 5. The third-order valence-corrected chi connectivity index (χ3v) is 3.76. The van der Waals surface area contributed by atoms with E-state index in [4.69, 9.17) is 10.5 Å². The van der Waals surface area contributed by atoms with E-state index < -0.39 is 0 Å². The van der Waals surface area contributed by atoms with Crippen molar-refractivity contribution in [1.29, 1.82) is 0 Å². The summed E-state index contributed by atoms with van der Waals surface area (Å²) in [5, 5.41) is 0. The summed E-state index contributed by atoms with van der Waals surface area (Å²) < 4.78 is 18.3. The molecule has 100 valence electrons. The monoisotopic (exact) mass is 277 g/mol. The highest BCUT2D eigenvalue weighted by molar-refractivity contribution is 7.98. The molecule has 2 aromatic rings. The van der Waals surface area contributed by atoms with E-state index in [0.29, 0.717) is 12.3 Å². The summed E-state index contributed by atoms with van der Waals surface area (Å²) in [6.07, 6.45) is 0. The van der Waals surface area contributed by atoms with Crippen molar-refractivity contribution in [3.63, 3.8) is 0 Å². The molecule has 2 N–H and O–H groups in total. The first kappa shape index (κ1) is 13.7. The zero-order valence-electron chi connectivity index (χ0n) is 10.7. The molecular weight excluding hydrogens is 261 g/mol. The molecule has 0 atom stereocenters. The molecule has 2 rings (SSSR count). The van der Waals surface area contributed by atoms with Crippen LogP contribution >= 0.6 is 11.8 Å². The Kier molecular flexibility index (Phi) is 4.68. The molecule has 0 aromatic heterocycles. The fraction of sp³-hybridized carbons (Fsp3) is 0.200. The van der Waals surface area contributed by atoms with Crippen LogP contribution in [0.2, 0.25) is 0 Å². The molecule has 0 unspecified atom stereocenters. The minimum absolute atomic E-state index is 0.303. The number of halogens is 1. The Hall–Kier alpha value is -1.68. The van der Waals surface area contributed by atoms with E-state index in [0.717, 1.165) is 16.4 Å². The average molecular weight is 277 g/mol. The Bertz CT molecular complexity index is 542. The third kappa shape index (κ3) is 3.89. The molecule has 2 nitrogen and oxygen atoms in total. The SMILES string of the molecule is CCOc1ccc(CSc2ccc(F)cc2N)cc1. The zero-order chi connectivity index (χ0) is 13.7. The van der Waals surface area contributed by atoms with Gasteiger partial charge in [-0.1, -0.05) is 12.1 Å². The predicted octanol–water partition coefficient (Wildman–Crippen LogP) is 4.10. The first-order chi connectivity index (χ1) is 9.19. The second kappa shape index (κ2) is 6.48. The van der Waals surface area contributed by atoms with Crippen molar-refractivity contribution < 1.29 is 9.13 Å². The molecule has 0 aliphatic carbocycles. The molecule has 0 saturated heterocycles. The minimum Gasteiger partial charge on any atom is -0.494 e. The number of hydrogen-bond donors (Lipinski definition) is 1. The van der Waals surface area contributed by atoms with Crippen LogP contribution in [0.3, 0.4) is 0 Å². The number of anilines is 1. The molecule has 0 aliphatic rings. The third-order valence-electron chi connectivity index (χ3n) is 2.60. The molecular formula is C15H16FNOS. The van der Waals surface area contributed by atoms with E-state index in [1.165, 1.54) is 17.7 Å². The Morgan fingerprint density at radius 1 is 1.16 bits per heavy atom. The fourth-order valence-electron chi connectivity index (χ4n) is 1.66. The quantitative estimate of drug-likeness (QED) is 0.660. The van der Waals surface area contributed by atoms with Gasteiger partial charge < -0.3 is 10.5 Å². The summed E-state index contributed by atoms with van der Waals surface area (Å²) in [4.78, 5) is 0.898. The van der Waals surface area contributed by atoms with Crippen LogP contribution in [0.1, 0.15) is 12.5 Å². The standard InChI is InChI=1S/C15H16FNOS/c1-2-18-13-6-3-11(4-7-13)10-19-15-8-5-12(16)9-14(15)17/h3-9H,2,10,17H2,1H3. The summed E-state index contributed by atoms with van der Waals surface area (Å²) >= 11 is 1.60. The topological polar surface area (TPSA) is 35.2 Å². The molecule has 2 aromatic carbocycles. The lowest BCUT2D eigenvalue weighted by atomic mass is 10.2. The molecule has 0 radical (unpaired) electrons. The maximum atomic E-state index is 12.9. The lowest BCUT2D eigenvalue weighted by molar-refractivity contribution is 0.340. The van der Waals surface area contributed by atoms with E-state index in [1.807, 2.05) is 31.2 Å². The number of nitrogen functional groups attached to an aromatic ring is 1. The lowest BCUT2D eigenvalue weighted by Gasteiger charge is -2.07. The Balaban J connectivity index is 1.98. The smallest absolute Gasteiger partial charge is 0.125 e. The van der Waals surface area contributed by atoms with Gasteiger partial charge in [-0.2, -0.15) is 0 Å². The van der Waals surface area contributed by atoms with E-state index in [9.17, 15) is 4.39 Å². The van der Waals surface area contributed by atoms with Crippen LogP contribution < -0.4 is 10.5 Å². The summed E-state index contributed by atoms with van der Waals surface area (Å²) in [5.74, 6) is 1.36. The number of ether oxygens (including phenoxy) is 1. The van der Waals surface area contributed by atoms with Gasteiger partial charge in [0.2, 0.25) is 0 Å². The molecule has 0 spiro atoms. The summed E-state index contributed by atoms with van der Waals surface area (Å²) in [7, 11) is 0. The second-order valence-electron chi connectivity index (χ2n) is 4.05. The second-order valence-corrected chi connectivity index (χ2v) is 5.06. The van der Waals surface area contributed by atoms with Crippen molar-refractivity contribution in [1.82, 2.24) is 0 Å². The first-order valence-electron chi connectivity index (χ1n) is 6.08. The summed E-state index contributed by atoms with van der Waals surface area (Å²) in [6.45, 7) is 2.63. The molecule has 19 heavy (non-hydrogen) atoms. The van der Waals surface area contributed by atoms with Gasteiger partial charge in [0.1, 0.15) is 11.6 Å². The summed E-state index contributed by atoms with van der Waals surface area (Å²) in [6, 6.07) is 12.4. The molecule has 0 fully saturated rings. The minimum atomic E-state index is -0.303. The van der Waals surface area contributed by atoms with Crippen LogP contribution in [-0.2, 0) is 5.75 Å². The van der Waals surface area contributed by atoms with E-state index in [-0.39, 0.29) is 5.82 Å². The number of thioether (sulfide) groups is 1. The Morgan fingerprint density at radius 3 is 2.53 bits per heavy atom.